The molecule has 2 aromatic heterocycles. The average Bonchev–Trinajstić information content (AvgIpc) is 3.70. The zero-order valence-corrected chi connectivity index (χ0v) is 25.5. The summed E-state index contributed by atoms with van der Waals surface area (Å²) in [5.74, 6) is -1.28. The van der Waals surface area contributed by atoms with Crippen molar-refractivity contribution in [1.82, 2.24) is 24.9 Å². The fraction of sp³-hybridized carbons (Fsp3) is 0.147. The number of amides is 2. The van der Waals surface area contributed by atoms with Crippen LogP contribution in [0.15, 0.2) is 109 Å². The number of aromatic nitrogens is 4. The molecule has 4 aromatic carbocycles. The zero-order chi connectivity index (χ0) is 31.3. The topological polar surface area (TPSA) is 96.2 Å². The van der Waals surface area contributed by atoms with E-state index in [4.69, 9.17) is 4.98 Å². The maximum absolute atomic E-state index is 14.2. The molecule has 0 aliphatic heterocycles. The van der Waals surface area contributed by atoms with E-state index in [1.54, 1.807) is 12.1 Å². The molecule has 0 fully saturated rings. The second-order valence-electron chi connectivity index (χ2n) is 10.6. The molecule has 0 aliphatic carbocycles. The molecule has 0 bridgehead atoms. The lowest BCUT2D eigenvalue weighted by atomic mass is 10.0. The van der Waals surface area contributed by atoms with Crippen LogP contribution in [0.5, 0.6) is 0 Å². The van der Waals surface area contributed by atoms with E-state index in [9.17, 15) is 14.0 Å². The minimum atomic E-state index is -1.11. The van der Waals surface area contributed by atoms with Gasteiger partial charge in [-0.05, 0) is 54.1 Å². The Hall–Kier alpha value is -5.42. The SMILES string of the molecule is CN(C)c1ccc(NC(=O)[C@@H](c2ccc(F)cc2)N(Cc2nc(-c3ccccc3)cs2)C(=O)Cn2nnc3ccccc32)cc1. The number of thiazole rings is 1. The predicted octanol–water partition coefficient (Wildman–Crippen LogP) is 6.17. The Bertz CT molecular complexity index is 1920. The van der Waals surface area contributed by atoms with Crippen LogP contribution in [0.1, 0.15) is 16.6 Å². The smallest absolute Gasteiger partial charge is 0.251 e. The first-order valence-corrected chi connectivity index (χ1v) is 15.1. The Morgan fingerprint density at radius 1 is 0.911 bits per heavy atom. The Balaban J connectivity index is 1.38. The van der Waals surface area contributed by atoms with Gasteiger partial charge in [0.15, 0.2) is 0 Å². The number of carbonyl (C=O) groups is 2. The molecule has 1 N–H and O–H groups in total. The number of halogens is 1. The largest absolute Gasteiger partial charge is 0.378 e. The number of benzene rings is 4. The van der Waals surface area contributed by atoms with Crippen molar-refractivity contribution in [2.75, 3.05) is 24.3 Å². The molecule has 0 spiro atoms. The number of hydrogen-bond donors (Lipinski definition) is 1. The number of anilines is 2. The van der Waals surface area contributed by atoms with Crippen molar-refractivity contribution in [3.05, 3.63) is 125 Å². The molecule has 2 heterocycles. The molecule has 226 valence electrons. The lowest BCUT2D eigenvalue weighted by Gasteiger charge is -2.31. The molecule has 45 heavy (non-hydrogen) atoms. The molecule has 6 aromatic rings. The monoisotopic (exact) mass is 619 g/mol. The van der Waals surface area contributed by atoms with Crippen LogP contribution in [-0.4, -0.2) is 50.8 Å². The minimum absolute atomic E-state index is 0.0397. The normalized spacial score (nSPS) is 11.7. The van der Waals surface area contributed by atoms with Crippen molar-refractivity contribution in [2.45, 2.75) is 19.1 Å². The zero-order valence-electron chi connectivity index (χ0n) is 24.7. The summed E-state index contributed by atoms with van der Waals surface area (Å²) >= 11 is 1.40. The highest BCUT2D eigenvalue weighted by Gasteiger charge is 2.33. The highest BCUT2D eigenvalue weighted by Crippen LogP contribution is 2.29. The van der Waals surface area contributed by atoms with Crippen molar-refractivity contribution >= 4 is 45.6 Å². The van der Waals surface area contributed by atoms with Crippen molar-refractivity contribution in [3.63, 3.8) is 0 Å². The van der Waals surface area contributed by atoms with Crippen LogP contribution < -0.4 is 10.2 Å². The van der Waals surface area contributed by atoms with E-state index in [-0.39, 0.29) is 19.0 Å². The molecule has 6 rings (SSSR count). The number of hydrogen-bond acceptors (Lipinski definition) is 7. The van der Waals surface area contributed by atoms with Crippen LogP contribution in [0.25, 0.3) is 22.3 Å². The number of para-hydroxylation sites is 1. The van der Waals surface area contributed by atoms with Gasteiger partial charge in [0.1, 0.15) is 28.9 Å². The third-order valence-electron chi connectivity index (χ3n) is 7.35. The van der Waals surface area contributed by atoms with Crippen molar-refractivity contribution in [1.29, 1.82) is 0 Å². The van der Waals surface area contributed by atoms with E-state index < -0.39 is 17.8 Å². The van der Waals surface area contributed by atoms with E-state index in [1.807, 2.05) is 91.1 Å². The molecule has 1 atom stereocenters. The van der Waals surface area contributed by atoms with Gasteiger partial charge in [-0.3, -0.25) is 9.59 Å². The summed E-state index contributed by atoms with van der Waals surface area (Å²) < 4.78 is 15.6. The summed E-state index contributed by atoms with van der Waals surface area (Å²) in [6, 6.07) is 29.0. The van der Waals surface area contributed by atoms with Gasteiger partial charge < -0.3 is 15.1 Å². The summed E-state index contributed by atoms with van der Waals surface area (Å²) in [6.07, 6.45) is 0. The maximum atomic E-state index is 14.2. The van der Waals surface area contributed by atoms with E-state index in [0.29, 0.717) is 27.3 Å². The first-order valence-electron chi connectivity index (χ1n) is 14.3. The molecule has 0 radical (unpaired) electrons. The molecule has 11 heteroatoms. The maximum Gasteiger partial charge on any atom is 0.251 e. The molecule has 0 saturated carbocycles. The van der Waals surface area contributed by atoms with Crippen LogP contribution in [-0.2, 0) is 22.7 Å². The van der Waals surface area contributed by atoms with Gasteiger partial charge in [0.25, 0.3) is 5.91 Å². The summed E-state index contributed by atoms with van der Waals surface area (Å²) in [5, 5.41) is 13.9. The number of nitrogens with one attached hydrogen (secondary N) is 1. The molecule has 9 nitrogen and oxygen atoms in total. The second kappa shape index (κ2) is 13.1. The van der Waals surface area contributed by atoms with E-state index >= 15 is 0 Å². The highest BCUT2D eigenvalue weighted by atomic mass is 32.1. The Morgan fingerprint density at radius 2 is 1.62 bits per heavy atom. The Morgan fingerprint density at radius 3 is 2.36 bits per heavy atom. The fourth-order valence-electron chi connectivity index (χ4n) is 5.02. The molecule has 0 saturated heterocycles. The minimum Gasteiger partial charge on any atom is -0.378 e. The lowest BCUT2D eigenvalue weighted by Crippen LogP contribution is -2.42. The molecular weight excluding hydrogens is 589 g/mol. The van der Waals surface area contributed by atoms with Crippen LogP contribution in [0.3, 0.4) is 0 Å². The highest BCUT2D eigenvalue weighted by molar-refractivity contribution is 7.09. The van der Waals surface area contributed by atoms with E-state index in [2.05, 4.69) is 15.6 Å². The second-order valence-corrected chi connectivity index (χ2v) is 11.6. The summed E-state index contributed by atoms with van der Waals surface area (Å²) in [6.45, 7) is -0.127. The van der Waals surface area contributed by atoms with Crippen molar-refractivity contribution in [2.24, 2.45) is 0 Å². The number of carbonyl (C=O) groups excluding carboxylic acids is 2. The first-order chi connectivity index (χ1) is 21.9. The standard InChI is InChI=1S/C34H30FN7O2S/c1-40(2)27-18-16-26(17-19-27)36-34(44)33(24-12-14-25(35)15-13-24)41(20-31-37-29(22-45-31)23-8-4-3-5-9-23)32(43)21-42-30-11-7-6-10-28(30)38-39-42/h3-19,22,33H,20-21H2,1-2H3,(H,36,44)/t33-/m1/s1. The fourth-order valence-corrected chi connectivity index (χ4v) is 5.82. The Kier molecular flexibility index (Phi) is 8.61. The molecule has 0 aliphatic rings. The third kappa shape index (κ3) is 6.73. The first kappa shape index (κ1) is 29.6. The third-order valence-corrected chi connectivity index (χ3v) is 8.18. The molecule has 0 unspecified atom stereocenters. The van der Waals surface area contributed by atoms with Crippen molar-refractivity contribution < 1.29 is 14.0 Å². The molecule has 2 amide bonds. The summed E-state index contributed by atoms with van der Waals surface area (Å²) in [5.41, 5.74) is 5.05. The number of fused-ring (bicyclic) bond motifs is 1. The van der Waals surface area contributed by atoms with Gasteiger partial charge in [-0.25, -0.2) is 14.1 Å². The Labute approximate surface area is 263 Å². The van der Waals surface area contributed by atoms with Gasteiger partial charge in [-0.1, -0.05) is 59.8 Å². The van der Waals surface area contributed by atoms with Crippen LogP contribution >= 0.6 is 11.3 Å². The quantitative estimate of drug-likeness (QED) is 0.197. The van der Waals surface area contributed by atoms with E-state index in [0.717, 1.165) is 16.9 Å². The van der Waals surface area contributed by atoms with Gasteiger partial charge in [-0.2, -0.15) is 0 Å². The van der Waals surface area contributed by atoms with Crippen molar-refractivity contribution in [3.8, 4) is 11.3 Å². The number of rotatable bonds is 10. The van der Waals surface area contributed by atoms with Crippen LogP contribution in [0.2, 0.25) is 0 Å². The lowest BCUT2D eigenvalue weighted by molar-refractivity contribution is -0.140. The average molecular weight is 620 g/mol. The van der Waals surface area contributed by atoms with E-state index in [1.165, 1.54) is 45.2 Å². The molecular formula is C34H30FN7O2S. The van der Waals surface area contributed by atoms with Gasteiger partial charge in [0.05, 0.1) is 17.8 Å². The van der Waals surface area contributed by atoms with Gasteiger partial charge in [-0.15, -0.1) is 16.4 Å². The van der Waals surface area contributed by atoms with Gasteiger partial charge in [0, 0.05) is 36.4 Å². The van der Waals surface area contributed by atoms with Gasteiger partial charge in [0.2, 0.25) is 5.91 Å². The van der Waals surface area contributed by atoms with Crippen LogP contribution in [0.4, 0.5) is 15.8 Å². The van der Waals surface area contributed by atoms with Crippen LogP contribution in [0, 0.1) is 5.82 Å². The predicted molar refractivity (Wildman–Crippen MR) is 174 cm³/mol. The number of nitrogens with zero attached hydrogens (tertiary/aromatic N) is 6. The summed E-state index contributed by atoms with van der Waals surface area (Å²) in [4.78, 5) is 36.6. The summed E-state index contributed by atoms with van der Waals surface area (Å²) in [7, 11) is 3.86. The van der Waals surface area contributed by atoms with Gasteiger partial charge >= 0.3 is 0 Å².